The fourth-order valence-corrected chi connectivity index (χ4v) is 1.93. The van der Waals surface area contributed by atoms with Crippen molar-refractivity contribution < 1.29 is 4.79 Å². The van der Waals surface area contributed by atoms with Crippen LogP contribution < -0.4 is 5.73 Å². The van der Waals surface area contributed by atoms with E-state index in [0.29, 0.717) is 17.7 Å². The van der Waals surface area contributed by atoms with Gasteiger partial charge in [0.2, 0.25) is 0 Å². The van der Waals surface area contributed by atoms with Crippen molar-refractivity contribution >= 4 is 11.5 Å². The minimum absolute atomic E-state index is 0.0747. The Morgan fingerprint density at radius 1 is 1.23 bits per heavy atom. The molecule has 1 aliphatic carbocycles. The predicted octanol–water partition coefficient (Wildman–Crippen LogP) is 4.37. The van der Waals surface area contributed by atoms with Crippen molar-refractivity contribution in [1.82, 2.24) is 0 Å². The number of nitriles is 1. The summed E-state index contributed by atoms with van der Waals surface area (Å²) in [5.74, 6) is 0.0747. The molecule has 112 valence electrons. The molecule has 1 aromatic carbocycles. The topological polar surface area (TPSA) is 66.9 Å². The van der Waals surface area contributed by atoms with E-state index in [1.165, 1.54) is 6.92 Å². The second-order valence-electron chi connectivity index (χ2n) is 4.67. The lowest BCUT2D eigenvalue weighted by molar-refractivity contribution is 0.103. The van der Waals surface area contributed by atoms with E-state index in [4.69, 9.17) is 11.0 Å². The first-order valence-electron chi connectivity index (χ1n) is 7.02. The number of carbonyl (C=O) groups excluding carboxylic acids is 1. The Kier molecular flexibility index (Phi) is 7.15. The van der Waals surface area contributed by atoms with Gasteiger partial charge in [0.15, 0.2) is 5.78 Å². The average molecular weight is 292 g/mol. The Bertz CT molecular complexity index is 668. The first-order valence-corrected chi connectivity index (χ1v) is 7.02. The molecular formula is C19H20N2O. The van der Waals surface area contributed by atoms with E-state index in [-0.39, 0.29) is 5.78 Å². The van der Waals surface area contributed by atoms with Gasteiger partial charge in [-0.1, -0.05) is 36.5 Å². The number of carbonyl (C=O) groups is 1. The number of hydrogen-bond donors (Lipinski definition) is 1. The van der Waals surface area contributed by atoms with Gasteiger partial charge in [-0.25, -0.2) is 0 Å². The van der Waals surface area contributed by atoms with Gasteiger partial charge in [-0.3, -0.25) is 4.79 Å². The third-order valence-corrected chi connectivity index (χ3v) is 2.97. The lowest BCUT2D eigenvalue weighted by atomic mass is 10.0. The highest BCUT2D eigenvalue weighted by molar-refractivity contribution is 6.09. The monoisotopic (exact) mass is 292 g/mol. The van der Waals surface area contributed by atoms with Crippen LogP contribution in [-0.2, 0) is 0 Å². The van der Waals surface area contributed by atoms with E-state index in [9.17, 15) is 4.79 Å². The van der Waals surface area contributed by atoms with Gasteiger partial charge >= 0.3 is 0 Å². The van der Waals surface area contributed by atoms with Gasteiger partial charge in [-0.05, 0) is 36.8 Å². The van der Waals surface area contributed by atoms with Crippen LogP contribution in [0.4, 0.5) is 5.69 Å². The molecule has 3 heteroatoms. The van der Waals surface area contributed by atoms with Crippen molar-refractivity contribution in [3.8, 4) is 6.07 Å². The number of hydrogen-bond acceptors (Lipinski definition) is 3. The molecule has 0 heterocycles. The van der Waals surface area contributed by atoms with Crippen molar-refractivity contribution in [3.05, 3.63) is 77.4 Å². The molecule has 0 aliphatic heterocycles. The normalized spacial score (nSPS) is 13.3. The first kappa shape index (κ1) is 17.2. The van der Waals surface area contributed by atoms with Crippen LogP contribution in [-0.4, -0.2) is 5.78 Å². The number of rotatable bonds is 4. The van der Waals surface area contributed by atoms with E-state index in [1.54, 1.807) is 30.3 Å². The standard InChI is InChI=1S/C17H17NO.C2H3N/c1-2-3-4-5-13-6-7-15(12-13)17(19)14-8-10-16(18)11-9-14;1-2-3/h2-11H,12,18H2,1H3;1H3/b3-2-,5-4-;. The van der Waals surface area contributed by atoms with Crippen LogP contribution in [0.15, 0.2) is 71.9 Å². The first-order chi connectivity index (χ1) is 10.6. The maximum atomic E-state index is 12.3. The quantitative estimate of drug-likeness (QED) is 0.509. The Labute approximate surface area is 131 Å². The van der Waals surface area contributed by atoms with Crippen LogP contribution in [0.2, 0.25) is 0 Å². The summed E-state index contributed by atoms with van der Waals surface area (Å²) in [7, 11) is 0. The minimum atomic E-state index is 0.0747. The van der Waals surface area contributed by atoms with Gasteiger partial charge in [0, 0.05) is 30.2 Å². The number of nitrogens with zero attached hydrogens (tertiary/aromatic N) is 1. The summed E-state index contributed by atoms with van der Waals surface area (Å²) in [6.07, 6.45) is 12.5. The van der Waals surface area contributed by atoms with E-state index in [0.717, 1.165) is 11.1 Å². The Balaban J connectivity index is 0.000000745. The van der Waals surface area contributed by atoms with Crippen molar-refractivity contribution in [2.75, 3.05) is 5.73 Å². The average Bonchev–Trinajstić information content (AvgIpc) is 2.97. The summed E-state index contributed by atoms with van der Waals surface area (Å²) >= 11 is 0. The van der Waals surface area contributed by atoms with Crippen molar-refractivity contribution in [3.63, 3.8) is 0 Å². The molecule has 0 unspecified atom stereocenters. The van der Waals surface area contributed by atoms with Gasteiger partial charge in [-0.15, -0.1) is 0 Å². The molecule has 0 saturated carbocycles. The summed E-state index contributed by atoms with van der Waals surface area (Å²) in [6.45, 7) is 3.40. The minimum Gasteiger partial charge on any atom is -0.399 e. The second kappa shape index (κ2) is 9.15. The number of nitrogens with two attached hydrogens (primary N) is 1. The number of anilines is 1. The van der Waals surface area contributed by atoms with E-state index >= 15 is 0 Å². The molecule has 22 heavy (non-hydrogen) atoms. The zero-order chi connectivity index (χ0) is 16.4. The van der Waals surface area contributed by atoms with E-state index < -0.39 is 0 Å². The summed E-state index contributed by atoms with van der Waals surface area (Å²) in [4.78, 5) is 12.3. The number of nitrogen functional groups attached to an aromatic ring is 1. The third kappa shape index (κ3) is 5.26. The third-order valence-electron chi connectivity index (χ3n) is 2.97. The molecule has 3 nitrogen and oxygen atoms in total. The summed E-state index contributed by atoms with van der Waals surface area (Å²) in [5, 5.41) is 7.32. The number of benzene rings is 1. The summed E-state index contributed by atoms with van der Waals surface area (Å²) in [5.41, 5.74) is 8.95. The lowest BCUT2D eigenvalue weighted by Crippen LogP contribution is -2.02. The molecule has 0 fully saturated rings. The molecule has 1 aliphatic rings. The van der Waals surface area contributed by atoms with Crippen LogP contribution in [0.25, 0.3) is 0 Å². The largest absolute Gasteiger partial charge is 0.399 e. The van der Waals surface area contributed by atoms with Crippen LogP contribution >= 0.6 is 0 Å². The highest BCUT2D eigenvalue weighted by Gasteiger charge is 2.15. The maximum Gasteiger partial charge on any atom is 0.189 e. The number of ketones is 1. The van der Waals surface area contributed by atoms with E-state index in [2.05, 4.69) is 0 Å². The maximum absolute atomic E-state index is 12.3. The van der Waals surface area contributed by atoms with Gasteiger partial charge in [-0.2, -0.15) is 5.26 Å². The summed E-state index contributed by atoms with van der Waals surface area (Å²) < 4.78 is 0. The van der Waals surface area contributed by atoms with Crippen molar-refractivity contribution in [2.24, 2.45) is 0 Å². The Morgan fingerprint density at radius 2 is 1.86 bits per heavy atom. The zero-order valence-electron chi connectivity index (χ0n) is 12.9. The molecule has 0 atom stereocenters. The molecule has 0 saturated heterocycles. The Morgan fingerprint density at radius 3 is 2.45 bits per heavy atom. The fraction of sp³-hybridized carbons (Fsp3) is 0.158. The molecule has 0 spiro atoms. The summed E-state index contributed by atoms with van der Waals surface area (Å²) in [6, 6.07) is 8.80. The zero-order valence-corrected chi connectivity index (χ0v) is 12.9. The van der Waals surface area contributed by atoms with Gasteiger partial charge in [0.05, 0.1) is 6.07 Å². The van der Waals surface area contributed by atoms with Crippen LogP contribution in [0.3, 0.4) is 0 Å². The predicted molar refractivity (Wildman–Crippen MR) is 91.2 cm³/mol. The molecule has 0 radical (unpaired) electrons. The molecular weight excluding hydrogens is 272 g/mol. The smallest absolute Gasteiger partial charge is 0.189 e. The molecule has 2 rings (SSSR count). The van der Waals surface area contributed by atoms with Crippen LogP contribution in [0, 0.1) is 11.3 Å². The molecule has 0 bridgehead atoms. The van der Waals surface area contributed by atoms with E-state index in [1.807, 2.05) is 43.4 Å². The second-order valence-corrected chi connectivity index (χ2v) is 4.67. The molecule has 0 aromatic heterocycles. The van der Waals surface area contributed by atoms with Crippen molar-refractivity contribution in [1.29, 1.82) is 5.26 Å². The molecule has 0 amide bonds. The fourth-order valence-electron chi connectivity index (χ4n) is 1.93. The lowest BCUT2D eigenvalue weighted by Gasteiger charge is -2.03. The molecule has 1 aromatic rings. The number of allylic oxidation sites excluding steroid dienone is 8. The highest BCUT2D eigenvalue weighted by Crippen LogP contribution is 2.23. The van der Waals surface area contributed by atoms with Crippen LogP contribution in [0.1, 0.15) is 30.6 Å². The van der Waals surface area contributed by atoms with Gasteiger partial charge in [0.1, 0.15) is 0 Å². The van der Waals surface area contributed by atoms with Crippen molar-refractivity contribution in [2.45, 2.75) is 20.3 Å². The van der Waals surface area contributed by atoms with Crippen LogP contribution in [0.5, 0.6) is 0 Å². The molecule has 2 N–H and O–H groups in total. The SMILES string of the molecule is C/C=C\C=C/C1=CC=C(C(=O)c2ccc(N)cc2)C1.CC#N. The van der Waals surface area contributed by atoms with Gasteiger partial charge in [0.25, 0.3) is 0 Å². The highest BCUT2D eigenvalue weighted by atomic mass is 16.1. The Hall–Kier alpha value is -2.86. The number of Topliss-reactive ketones (excluding diaryl/α,β-unsaturated/α-hetero) is 1. The van der Waals surface area contributed by atoms with Gasteiger partial charge < -0.3 is 5.73 Å².